The average Bonchev–Trinajstić information content (AvgIpc) is 3.34. The Kier molecular flexibility index (Phi) is 4.63. The number of amides is 1. The minimum absolute atomic E-state index is 0.262. The number of ether oxygens (including phenoxy) is 2. The number of fused-ring (bicyclic) bond motifs is 1. The van der Waals surface area contributed by atoms with E-state index in [1.54, 1.807) is 36.9 Å². The van der Waals surface area contributed by atoms with Crippen molar-refractivity contribution in [3.05, 3.63) is 53.5 Å². The van der Waals surface area contributed by atoms with Gasteiger partial charge in [-0.3, -0.25) is 9.89 Å². The molecule has 3 heterocycles. The van der Waals surface area contributed by atoms with Gasteiger partial charge in [-0.15, -0.1) is 0 Å². The van der Waals surface area contributed by atoms with E-state index in [2.05, 4.69) is 25.6 Å². The van der Waals surface area contributed by atoms with Gasteiger partial charge in [-0.25, -0.2) is 9.50 Å². The van der Waals surface area contributed by atoms with E-state index in [-0.39, 0.29) is 11.6 Å². The number of hydrogen-bond acceptors (Lipinski definition) is 6. The molecule has 9 heteroatoms. The van der Waals surface area contributed by atoms with Gasteiger partial charge in [0.25, 0.3) is 5.91 Å². The van der Waals surface area contributed by atoms with Crippen molar-refractivity contribution in [3.63, 3.8) is 0 Å². The molecule has 0 aliphatic rings. The van der Waals surface area contributed by atoms with Crippen LogP contribution in [0.1, 0.15) is 21.9 Å². The number of anilines is 1. The summed E-state index contributed by atoms with van der Waals surface area (Å²) in [7, 11) is 3.18. The number of carbonyl (C=O) groups excluding carboxylic acids is 1. The number of nitrogens with one attached hydrogen (secondary N) is 2. The smallest absolute Gasteiger partial charge is 0.277 e. The zero-order valence-electron chi connectivity index (χ0n) is 16.5. The number of hydrogen-bond donors (Lipinski definition) is 2. The first kappa shape index (κ1) is 18.5. The maximum Gasteiger partial charge on any atom is 0.277 e. The lowest BCUT2D eigenvalue weighted by molar-refractivity contribution is 0.102. The molecule has 1 aromatic carbocycles. The lowest BCUT2D eigenvalue weighted by Gasteiger charge is -2.08. The average molecular weight is 392 g/mol. The summed E-state index contributed by atoms with van der Waals surface area (Å²) < 4.78 is 12.3. The van der Waals surface area contributed by atoms with Crippen LogP contribution in [0.25, 0.3) is 16.9 Å². The molecule has 9 nitrogen and oxygen atoms in total. The van der Waals surface area contributed by atoms with E-state index in [0.29, 0.717) is 28.7 Å². The number of H-pyrrole nitrogens is 1. The van der Waals surface area contributed by atoms with Crippen LogP contribution in [0.3, 0.4) is 0 Å². The van der Waals surface area contributed by atoms with E-state index in [9.17, 15) is 4.79 Å². The highest BCUT2D eigenvalue weighted by Crippen LogP contribution is 2.33. The molecule has 0 fully saturated rings. The molecule has 0 atom stereocenters. The predicted octanol–water partition coefficient (Wildman–Crippen LogP) is 3.01. The van der Waals surface area contributed by atoms with Crippen molar-refractivity contribution in [1.82, 2.24) is 24.8 Å². The standard InChI is InChI=1S/C20H20N6O3/c1-11-7-12(2)26-19(21-11)10-16(25-26)20(27)22-18-9-15(23-24-18)14-6-5-13(28-3)8-17(14)29-4/h5-10H,1-4H3,(H2,22,23,24,27). The second kappa shape index (κ2) is 7.27. The Balaban J connectivity index is 1.58. The molecule has 0 saturated heterocycles. The Bertz CT molecular complexity index is 1210. The predicted molar refractivity (Wildman–Crippen MR) is 108 cm³/mol. The van der Waals surface area contributed by atoms with Crippen molar-refractivity contribution in [2.75, 3.05) is 19.5 Å². The fraction of sp³-hybridized carbons (Fsp3) is 0.200. The molecular formula is C20H20N6O3. The van der Waals surface area contributed by atoms with Crippen LogP contribution < -0.4 is 14.8 Å². The van der Waals surface area contributed by atoms with Gasteiger partial charge in [-0.1, -0.05) is 0 Å². The van der Waals surface area contributed by atoms with Crippen LogP contribution in [0, 0.1) is 13.8 Å². The molecule has 4 aromatic rings. The van der Waals surface area contributed by atoms with Crippen LogP contribution in [0.5, 0.6) is 11.5 Å². The van der Waals surface area contributed by atoms with Crippen molar-refractivity contribution >= 4 is 17.4 Å². The first-order valence-corrected chi connectivity index (χ1v) is 8.91. The number of aromatic nitrogens is 5. The topological polar surface area (TPSA) is 106 Å². The van der Waals surface area contributed by atoms with Crippen LogP contribution in [0.15, 0.2) is 36.4 Å². The number of carbonyl (C=O) groups is 1. The van der Waals surface area contributed by atoms with Crippen LogP contribution >= 0.6 is 0 Å². The van der Waals surface area contributed by atoms with Crippen LogP contribution in [0.4, 0.5) is 5.82 Å². The minimum atomic E-state index is -0.368. The number of aryl methyl sites for hydroxylation is 2. The summed E-state index contributed by atoms with van der Waals surface area (Å²) in [5.41, 5.74) is 4.15. The summed E-state index contributed by atoms with van der Waals surface area (Å²) in [6.07, 6.45) is 0. The summed E-state index contributed by atoms with van der Waals surface area (Å²) in [6, 6.07) is 10.7. The molecule has 0 aliphatic carbocycles. The molecule has 29 heavy (non-hydrogen) atoms. The summed E-state index contributed by atoms with van der Waals surface area (Å²) in [5.74, 6) is 1.32. The van der Waals surface area contributed by atoms with Gasteiger partial charge in [0.1, 0.15) is 11.5 Å². The second-order valence-corrected chi connectivity index (χ2v) is 6.53. The van der Waals surface area contributed by atoms with E-state index < -0.39 is 0 Å². The van der Waals surface area contributed by atoms with Crippen molar-refractivity contribution in [1.29, 1.82) is 0 Å². The molecule has 2 N–H and O–H groups in total. The first-order valence-electron chi connectivity index (χ1n) is 8.91. The number of rotatable bonds is 5. The highest BCUT2D eigenvalue weighted by atomic mass is 16.5. The molecule has 0 radical (unpaired) electrons. The van der Waals surface area contributed by atoms with E-state index in [4.69, 9.17) is 9.47 Å². The summed E-state index contributed by atoms with van der Waals surface area (Å²) in [5, 5.41) is 14.2. The maximum atomic E-state index is 12.6. The minimum Gasteiger partial charge on any atom is -0.497 e. The van der Waals surface area contributed by atoms with Crippen LogP contribution in [-0.2, 0) is 0 Å². The maximum absolute atomic E-state index is 12.6. The zero-order valence-corrected chi connectivity index (χ0v) is 16.5. The van der Waals surface area contributed by atoms with Crippen molar-refractivity contribution in [3.8, 4) is 22.8 Å². The third-order valence-electron chi connectivity index (χ3n) is 4.48. The van der Waals surface area contributed by atoms with Crippen LogP contribution in [-0.4, -0.2) is 44.9 Å². The van der Waals surface area contributed by atoms with Gasteiger partial charge in [0.15, 0.2) is 17.2 Å². The van der Waals surface area contributed by atoms with Gasteiger partial charge in [-0.05, 0) is 32.0 Å². The van der Waals surface area contributed by atoms with Crippen LogP contribution in [0.2, 0.25) is 0 Å². The number of nitrogens with zero attached hydrogens (tertiary/aromatic N) is 4. The number of methoxy groups -OCH3 is 2. The lowest BCUT2D eigenvalue weighted by Crippen LogP contribution is -2.13. The SMILES string of the molecule is COc1ccc(-c2cc(NC(=O)c3cc4nc(C)cc(C)n4n3)n[nH]2)c(OC)c1. The molecular weight excluding hydrogens is 372 g/mol. The molecule has 0 unspecified atom stereocenters. The quantitative estimate of drug-likeness (QED) is 0.541. The van der Waals surface area contributed by atoms with Gasteiger partial charge in [0, 0.05) is 35.2 Å². The fourth-order valence-corrected chi connectivity index (χ4v) is 3.12. The Morgan fingerprint density at radius 2 is 1.93 bits per heavy atom. The molecule has 1 amide bonds. The molecule has 148 valence electrons. The Labute approximate surface area is 166 Å². The number of aromatic amines is 1. The van der Waals surface area contributed by atoms with Crippen molar-refractivity contribution in [2.45, 2.75) is 13.8 Å². The molecule has 0 aliphatic heterocycles. The Morgan fingerprint density at radius 3 is 2.69 bits per heavy atom. The highest BCUT2D eigenvalue weighted by Gasteiger charge is 2.16. The van der Waals surface area contributed by atoms with Gasteiger partial charge < -0.3 is 14.8 Å². The van der Waals surface area contributed by atoms with Gasteiger partial charge >= 0.3 is 0 Å². The second-order valence-electron chi connectivity index (χ2n) is 6.53. The van der Waals surface area contributed by atoms with Crippen molar-refractivity contribution < 1.29 is 14.3 Å². The fourth-order valence-electron chi connectivity index (χ4n) is 3.12. The van der Waals surface area contributed by atoms with E-state index in [1.807, 2.05) is 32.0 Å². The van der Waals surface area contributed by atoms with Gasteiger partial charge in [0.05, 0.1) is 19.9 Å². The third-order valence-corrected chi connectivity index (χ3v) is 4.48. The third kappa shape index (κ3) is 3.49. The van der Waals surface area contributed by atoms with Gasteiger partial charge in [-0.2, -0.15) is 10.2 Å². The largest absolute Gasteiger partial charge is 0.497 e. The molecule has 0 saturated carbocycles. The highest BCUT2D eigenvalue weighted by molar-refractivity contribution is 6.03. The van der Waals surface area contributed by atoms with E-state index in [0.717, 1.165) is 17.0 Å². The normalized spacial score (nSPS) is 10.9. The summed E-state index contributed by atoms with van der Waals surface area (Å²) in [6.45, 7) is 3.82. The molecule has 0 spiro atoms. The lowest BCUT2D eigenvalue weighted by atomic mass is 10.1. The van der Waals surface area contributed by atoms with Crippen molar-refractivity contribution in [2.24, 2.45) is 0 Å². The van der Waals surface area contributed by atoms with E-state index >= 15 is 0 Å². The monoisotopic (exact) mass is 392 g/mol. The van der Waals surface area contributed by atoms with Gasteiger partial charge in [0.2, 0.25) is 0 Å². The summed E-state index contributed by atoms with van der Waals surface area (Å²) in [4.78, 5) is 17.0. The molecule has 0 bridgehead atoms. The molecule has 4 rings (SSSR count). The molecule has 3 aromatic heterocycles. The number of benzene rings is 1. The van der Waals surface area contributed by atoms with E-state index in [1.165, 1.54) is 0 Å². The zero-order chi connectivity index (χ0) is 20.5. The Hall–Kier alpha value is -3.88. The first-order chi connectivity index (χ1) is 14.0. The summed E-state index contributed by atoms with van der Waals surface area (Å²) >= 11 is 0. The Morgan fingerprint density at radius 1 is 1.10 bits per heavy atom.